The average Bonchev–Trinajstić information content (AvgIpc) is 2.36. The first kappa shape index (κ1) is 16.1. The van der Waals surface area contributed by atoms with Crippen molar-refractivity contribution in [1.29, 1.82) is 0 Å². The van der Waals surface area contributed by atoms with Gasteiger partial charge in [-0.05, 0) is 12.1 Å². The molecule has 1 aromatic rings. The molecule has 0 heterocycles. The summed E-state index contributed by atoms with van der Waals surface area (Å²) in [5.41, 5.74) is 0.420. The van der Waals surface area contributed by atoms with E-state index in [1.807, 2.05) is 0 Å². The fourth-order valence-electron chi connectivity index (χ4n) is 1.06. The summed E-state index contributed by atoms with van der Waals surface area (Å²) in [4.78, 5) is 22.4. The van der Waals surface area contributed by atoms with E-state index in [4.69, 9.17) is 15.1 Å². The third kappa shape index (κ3) is 5.44. The normalized spacial score (nSPS) is 8.72. The first-order valence-electron chi connectivity index (χ1n) is 4.73. The summed E-state index contributed by atoms with van der Waals surface area (Å²) in [5.74, 6) is -1.10. The Morgan fingerprint density at radius 3 is 1.44 bits per heavy atom. The van der Waals surface area contributed by atoms with Crippen LogP contribution >= 0.6 is 0 Å². The van der Waals surface area contributed by atoms with Crippen molar-refractivity contribution in [1.82, 2.24) is 0 Å². The molecule has 0 aromatic heterocycles. The number of benzene rings is 1. The van der Waals surface area contributed by atoms with Gasteiger partial charge in [0.05, 0.1) is 25.3 Å². The quantitative estimate of drug-likeness (QED) is 0.469. The van der Waals surface area contributed by atoms with Crippen LogP contribution in [0.4, 0.5) is 0 Å². The Hall–Kier alpha value is -1.90. The maximum atomic E-state index is 11.2. The van der Waals surface area contributed by atoms with Gasteiger partial charge in [0.1, 0.15) is 0 Å². The highest BCUT2D eigenvalue weighted by Gasteiger charge is 2.16. The molecule has 0 saturated heterocycles. The first-order chi connectivity index (χ1) is 8.43. The summed E-state index contributed by atoms with van der Waals surface area (Å²) < 4.78 is 9.05. The summed E-state index contributed by atoms with van der Waals surface area (Å²) >= 11 is 0. The van der Waals surface area contributed by atoms with Crippen LogP contribution in [0.5, 0.6) is 0 Å². The van der Waals surface area contributed by atoms with E-state index in [1.54, 1.807) is 12.1 Å². The molecule has 1 aromatic carbocycles. The van der Waals surface area contributed by atoms with Gasteiger partial charge < -0.3 is 24.5 Å². The lowest BCUT2D eigenvalue weighted by Gasteiger charge is -2.04. The van der Waals surface area contributed by atoms with Crippen LogP contribution in [0.3, 0.4) is 0 Å². The number of methoxy groups -OCH3 is 2. The van der Waals surface area contributed by atoms with Gasteiger partial charge in [0, 0.05) is 0 Å². The number of carbonyl (C=O) groups excluding carboxylic acids is 2. The maximum absolute atomic E-state index is 11.2. The summed E-state index contributed by atoms with van der Waals surface area (Å²) in [5, 5.41) is 21.5. The van der Waals surface area contributed by atoms with Crippen LogP contribution < -0.4 is 0 Å². The largest absolute Gasteiger partial charge is 0.631 e. The van der Waals surface area contributed by atoms with Crippen molar-refractivity contribution in [2.75, 3.05) is 14.2 Å². The number of carbonyl (C=O) groups is 2. The molecule has 0 amide bonds. The van der Waals surface area contributed by atoms with E-state index in [-0.39, 0.29) is 11.1 Å². The smallest absolute Gasteiger partial charge is 0.465 e. The van der Waals surface area contributed by atoms with Gasteiger partial charge in [-0.3, -0.25) is 0 Å². The van der Waals surface area contributed by atoms with Crippen molar-refractivity contribution >= 4 is 19.3 Å². The standard InChI is InChI=1S/C10H10O4.BH3O3/c1-13-9(11)7-5-3-4-6-8(7)10(12)14-2;2-1(3)4/h3-6H,1-2H3;2-4H. The lowest BCUT2D eigenvalue weighted by Crippen LogP contribution is -2.11. The van der Waals surface area contributed by atoms with E-state index in [0.29, 0.717) is 0 Å². The van der Waals surface area contributed by atoms with Crippen LogP contribution in [0.1, 0.15) is 20.7 Å². The van der Waals surface area contributed by atoms with Crippen LogP contribution in [-0.2, 0) is 9.47 Å². The molecule has 3 N–H and O–H groups in total. The van der Waals surface area contributed by atoms with E-state index in [1.165, 1.54) is 26.4 Å². The van der Waals surface area contributed by atoms with Crippen LogP contribution in [-0.4, -0.2) is 48.6 Å². The number of hydrogen-bond donors (Lipinski definition) is 3. The number of rotatable bonds is 2. The third-order valence-corrected chi connectivity index (χ3v) is 1.74. The lowest BCUT2D eigenvalue weighted by atomic mass is 10.1. The van der Waals surface area contributed by atoms with E-state index < -0.39 is 19.3 Å². The monoisotopic (exact) mass is 256 g/mol. The molecule has 0 saturated carbocycles. The molecule has 0 unspecified atom stereocenters. The van der Waals surface area contributed by atoms with Crippen molar-refractivity contribution in [3.63, 3.8) is 0 Å². The maximum Gasteiger partial charge on any atom is 0.631 e. The molecule has 0 fully saturated rings. The van der Waals surface area contributed by atoms with Crippen molar-refractivity contribution in [3.8, 4) is 0 Å². The van der Waals surface area contributed by atoms with Crippen LogP contribution in [0, 0.1) is 0 Å². The Morgan fingerprint density at radius 1 is 0.944 bits per heavy atom. The molecular formula is C10H13BO7. The molecule has 0 aliphatic rings. The van der Waals surface area contributed by atoms with Crippen molar-refractivity contribution in [3.05, 3.63) is 35.4 Å². The molecule has 1 rings (SSSR count). The summed E-state index contributed by atoms with van der Waals surface area (Å²) in [7, 11) is 0.354. The Kier molecular flexibility index (Phi) is 7.37. The Bertz CT molecular complexity index is 367. The zero-order valence-corrected chi connectivity index (χ0v) is 9.86. The molecule has 98 valence electrons. The zero-order chi connectivity index (χ0) is 14.1. The molecule has 8 heteroatoms. The number of hydrogen-bond acceptors (Lipinski definition) is 7. The molecule has 7 nitrogen and oxygen atoms in total. The number of esters is 2. The highest BCUT2D eigenvalue weighted by atomic mass is 16.5. The second-order valence-corrected chi connectivity index (χ2v) is 2.88. The molecule has 18 heavy (non-hydrogen) atoms. The number of ether oxygens (including phenoxy) is 2. The fourth-order valence-corrected chi connectivity index (χ4v) is 1.06. The first-order valence-corrected chi connectivity index (χ1v) is 4.73. The highest BCUT2D eigenvalue weighted by Crippen LogP contribution is 2.10. The van der Waals surface area contributed by atoms with Gasteiger partial charge in [0.2, 0.25) is 0 Å². The van der Waals surface area contributed by atoms with E-state index in [9.17, 15) is 9.59 Å². The summed E-state index contributed by atoms with van der Waals surface area (Å²) in [6, 6.07) is 6.33. The van der Waals surface area contributed by atoms with Crippen LogP contribution in [0.2, 0.25) is 0 Å². The van der Waals surface area contributed by atoms with Crippen molar-refractivity contribution in [2.45, 2.75) is 0 Å². The van der Waals surface area contributed by atoms with Crippen LogP contribution in [0.15, 0.2) is 24.3 Å². The molecule has 0 bridgehead atoms. The summed E-state index contributed by atoms with van der Waals surface area (Å²) in [6.45, 7) is 0. The molecule has 0 aliphatic heterocycles. The minimum absolute atomic E-state index is 0.210. The van der Waals surface area contributed by atoms with Crippen molar-refractivity contribution < 1.29 is 34.1 Å². The van der Waals surface area contributed by atoms with Crippen LogP contribution in [0.25, 0.3) is 0 Å². The van der Waals surface area contributed by atoms with Gasteiger partial charge in [-0.1, -0.05) is 12.1 Å². The fraction of sp³-hybridized carbons (Fsp3) is 0.200. The highest BCUT2D eigenvalue weighted by molar-refractivity contribution is 6.30. The Morgan fingerprint density at radius 2 is 1.22 bits per heavy atom. The van der Waals surface area contributed by atoms with E-state index in [0.717, 1.165) is 0 Å². The third-order valence-electron chi connectivity index (χ3n) is 1.74. The van der Waals surface area contributed by atoms with Gasteiger partial charge in [-0.15, -0.1) is 0 Å². The SMILES string of the molecule is COC(=O)c1ccccc1C(=O)OC.OB(O)O. The molecule has 0 atom stereocenters. The van der Waals surface area contributed by atoms with Gasteiger partial charge in [-0.2, -0.15) is 0 Å². The summed E-state index contributed by atoms with van der Waals surface area (Å²) in [6.07, 6.45) is 0. The average molecular weight is 256 g/mol. The van der Waals surface area contributed by atoms with Crippen molar-refractivity contribution in [2.24, 2.45) is 0 Å². The minimum atomic E-state index is -2.17. The Labute approximate surface area is 104 Å². The zero-order valence-electron chi connectivity index (χ0n) is 9.86. The second-order valence-electron chi connectivity index (χ2n) is 2.88. The van der Waals surface area contributed by atoms with Gasteiger partial charge in [0.25, 0.3) is 0 Å². The molecule has 0 radical (unpaired) electrons. The predicted octanol–water partition coefficient (Wildman–Crippen LogP) is -0.792. The molecule has 0 aliphatic carbocycles. The minimum Gasteiger partial charge on any atom is -0.465 e. The molecule has 0 spiro atoms. The van der Waals surface area contributed by atoms with Gasteiger partial charge in [0.15, 0.2) is 0 Å². The second kappa shape index (κ2) is 8.23. The van der Waals surface area contributed by atoms with Gasteiger partial charge >= 0.3 is 19.3 Å². The molecular weight excluding hydrogens is 243 g/mol. The predicted molar refractivity (Wildman–Crippen MR) is 61.5 cm³/mol. The lowest BCUT2D eigenvalue weighted by molar-refractivity contribution is 0.0555. The Balaban J connectivity index is 0.000000631. The van der Waals surface area contributed by atoms with E-state index in [2.05, 4.69) is 9.47 Å². The van der Waals surface area contributed by atoms with Gasteiger partial charge in [-0.25, -0.2) is 9.59 Å². The topological polar surface area (TPSA) is 113 Å². The van der Waals surface area contributed by atoms with E-state index >= 15 is 0 Å².